The molecule has 0 aromatic heterocycles. The van der Waals surface area contributed by atoms with Gasteiger partial charge < -0.3 is 15.2 Å². The molecule has 3 N–H and O–H groups in total. The minimum atomic E-state index is -0.998. The number of hydroxylamine groups is 1. The number of rotatable bonds is 8. The Morgan fingerprint density at radius 2 is 2.00 bits per heavy atom. The number of amides is 1. The van der Waals surface area contributed by atoms with E-state index in [0.717, 1.165) is 9.64 Å². The molecule has 146 valence electrons. The van der Waals surface area contributed by atoms with Gasteiger partial charge in [0, 0.05) is 17.1 Å². The van der Waals surface area contributed by atoms with Crippen molar-refractivity contribution in [2.45, 2.75) is 12.7 Å². The van der Waals surface area contributed by atoms with Crippen LogP contribution in [0.15, 0.2) is 30.3 Å². The molecule has 0 fully saturated rings. The van der Waals surface area contributed by atoms with Crippen LogP contribution in [0.3, 0.4) is 0 Å². The Labute approximate surface area is 179 Å². The topological polar surface area (TPSA) is 79.8 Å². The van der Waals surface area contributed by atoms with Crippen molar-refractivity contribution in [3.05, 3.63) is 55.3 Å². The first-order chi connectivity index (χ1) is 12.8. The molecule has 0 bridgehead atoms. The maximum Gasteiger partial charge on any atom is 0.277 e. The summed E-state index contributed by atoms with van der Waals surface area (Å²) in [5.74, 6) is -1.34. The summed E-state index contributed by atoms with van der Waals surface area (Å²) in [4.78, 5) is 17.4. The highest BCUT2D eigenvalue weighted by molar-refractivity contribution is 14.1. The Kier molecular flexibility index (Phi) is 8.52. The number of carbonyl (C=O) groups excluding carboxylic acids is 1. The van der Waals surface area contributed by atoms with Crippen LogP contribution in [0.5, 0.6) is 0 Å². The van der Waals surface area contributed by atoms with Gasteiger partial charge in [-0.2, -0.15) is 0 Å². The van der Waals surface area contributed by atoms with Gasteiger partial charge in [0.2, 0.25) is 0 Å². The van der Waals surface area contributed by atoms with E-state index < -0.39 is 18.0 Å². The number of methoxy groups -OCH3 is 1. The fourth-order valence-electron chi connectivity index (χ4n) is 2.02. The lowest BCUT2D eigenvalue weighted by Gasteiger charge is -2.15. The van der Waals surface area contributed by atoms with E-state index in [-0.39, 0.29) is 29.3 Å². The van der Waals surface area contributed by atoms with Gasteiger partial charge in [-0.3, -0.25) is 9.63 Å². The molecule has 0 aliphatic carbocycles. The first kappa shape index (κ1) is 22.1. The largest absolute Gasteiger partial charge is 0.368 e. The summed E-state index contributed by atoms with van der Waals surface area (Å²) in [7, 11) is 1.34. The number of hydrogen-bond donors (Lipinski definition) is 3. The van der Waals surface area contributed by atoms with Crippen LogP contribution in [-0.2, 0) is 9.57 Å². The average molecular weight is 529 g/mol. The Hall–Kier alpha value is -1.17. The van der Waals surface area contributed by atoms with Gasteiger partial charge >= 0.3 is 0 Å². The van der Waals surface area contributed by atoms with Crippen LogP contribution in [0.1, 0.15) is 16.8 Å². The second kappa shape index (κ2) is 10.4. The van der Waals surface area contributed by atoms with Crippen LogP contribution in [-0.4, -0.2) is 31.0 Å². The van der Waals surface area contributed by atoms with Gasteiger partial charge in [0.25, 0.3) is 5.91 Å². The molecule has 0 heterocycles. The van der Waals surface area contributed by atoms with Gasteiger partial charge in [-0.05, 0) is 52.9 Å². The summed E-state index contributed by atoms with van der Waals surface area (Å²) in [5, 5.41) is 12.4. The van der Waals surface area contributed by atoms with E-state index in [1.165, 1.54) is 13.2 Å². The van der Waals surface area contributed by atoms with Gasteiger partial charge in [0.15, 0.2) is 6.29 Å². The molecule has 2 aromatic rings. The van der Waals surface area contributed by atoms with Gasteiger partial charge in [-0.1, -0.05) is 23.2 Å². The van der Waals surface area contributed by atoms with Gasteiger partial charge in [0.1, 0.15) is 5.82 Å². The van der Waals surface area contributed by atoms with E-state index in [2.05, 4.69) is 38.1 Å². The van der Waals surface area contributed by atoms with Crippen LogP contribution in [0.2, 0.25) is 10.0 Å². The molecule has 6 nitrogen and oxygen atoms in total. The predicted octanol–water partition coefficient (Wildman–Crippen LogP) is 4.50. The summed E-state index contributed by atoms with van der Waals surface area (Å²) in [6.45, 7) is 0.0153. The highest BCUT2D eigenvalue weighted by Crippen LogP contribution is 2.31. The zero-order chi connectivity index (χ0) is 20.0. The number of halogens is 4. The molecule has 1 amide bonds. The Bertz CT molecular complexity index is 826. The summed E-state index contributed by atoms with van der Waals surface area (Å²) in [6, 6.07) is 7.52. The van der Waals surface area contributed by atoms with Gasteiger partial charge in [-0.15, -0.1) is 0 Å². The number of aliphatic hydroxyl groups excluding tert-OH is 1. The third-order valence-electron chi connectivity index (χ3n) is 3.41. The Morgan fingerprint density at radius 3 is 2.67 bits per heavy atom. The average Bonchev–Trinajstić information content (AvgIpc) is 2.63. The van der Waals surface area contributed by atoms with Gasteiger partial charge in [0.05, 0.1) is 33.6 Å². The number of anilines is 2. The molecule has 1 unspecified atom stereocenters. The molecule has 0 spiro atoms. The first-order valence-corrected chi connectivity index (χ1v) is 9.49. The van der Waals surface area contributed by atoms with Crippen LogP contribution >= 0.6 is 45.8 Å². The van der Waals surface area contributed by atoms with Crippen LogP contribution in [0.4, 0.5) is 15.8 Å². The van der Waals surface area contributed by atoms with E-state index in [0.29, 0.717) is 10.7 Å². The molecule has 0 aliphatic rings. The number of carbonyl (C=O) groups is 1. The second-order valence-electron chi connectivity index (χ2n) is 5.32. The van der Waals surface area contributed by atoms with E-state index in [4.69, 9.17) is 28.0 Å². The van der Waals surface area contributed by atoms with Crippen molar-refractivity contribution in [1.29, 1.82) is 0 Å². The van der Waals surface area contributed by atoms with Crippen molar-refractivity contribution in [1.82, 2.24) is 5.48 Å². The fraction of sp³-hybridized carbons (Fsp3) is 0.235. The zero-order valence-corrected chi connectivity index (χ0v) is 17.7. The molecule has 1 atom stereocenters. The molecule has 10 heteroatoms. The minimum absolute atomic E-state index is 0.0153. The van der Waals surface area contributed by atoms with E-state index in [1.807, 2.05) is 6.07 Å². The van der Waals surface area contributed by atoms with Crippen molar-refractivity contribution >= 4 is 63.1 Å². The maximum atomic E-state index is 13.9. The van der Waals surface area contributed by atoms with E-state index in [9.17, 15) is 14.3 Å². The molecule has 0 aliphatic heterocycles. The SMILES string of the molecule is COC(O)CCONC(=O)c1cc(Cl)c(F)cc1Nc1ccc(I)cc1Cl. The maximum absolute atomic E-state index is 13.9. The fourth-order valence-corrected chi connectivity index (χ4v) is 3.09. The number of hydrogen-bond acceptors (Lipinski definition) is 5. The molecule has 2 rings (SSSR count). The van der Waals surface area contributed by atoms with Crippen molar-refractivity contribution in [3.63, 3.8) is 0 Å². The monoisotopic (exact) mass is 528 g/mol. The molecular weight excluding hydrogens is 513 g/mol. The molecule has 2 aromatic carbocycles. The predicted molar refractivity (Wildman–Crippen MR) is 110 cm³/mol. The zero-order valence-electron chi connectivity index (χ0n) is 14.1. The van der Waals surface area contributed by atoms with Crippen molar-refractivity contribution in [2.24, 2.45) is 0 Å². The molecule has 0 saturated heterocycles. The number of benzene rings is 2. The minimum Gasteiger partial charge on any atom is -0.368 e. The summed E-state index contributed by atoms with van der Waals surface area (Å²) in [5.41, 5.74) is 2.93. The van der Waals surface area contributed by atoms with Crippen LogP contribution in [0.25, 0.3) is 0 Å². The third kappa shape index (κ3) is 6.44. The molecule has 27 heavy (non-hydrogen) atoms. The van der Waals surface area contributed by atoms with Crippen LogP contribution in [0, 0.1) is 9.39 Å². The Balaban J connectivity index is 2.17. The highest BCUT2D eigenvalue weighted by Gasteiger charge is 2.17. The molecule has 0 radical (unpaired) electrons. The second-order valence-corrected chi connectivity index (χ2v) is 7.38. The number of ether oxygens (including phenoxy) is 1. The van der Waals surface area contributed by atoms with Crippen molar-refractivity contribution in [3.8, 4) is 0 Å². The lowest BCUT2D eigenvalue weighted by molar-refractivity contribution is -0.0955. The summed E-state index contributed by atoms with van der Waals surface area (Å²) >= 11 is 14.1. The lowest BCUT2D eigenvalue weighted by atomic mass is 10.1. The summed E-state index contributed by atoms with van der Waals surface area (Å²) < 4.78 is 19.5. The van der Waals surface area contributed by atoms with E-state index >= 15 is 0 Å². The quantitative estimate of drug-likeness (QED) is 0.203. The smallest absolute Gasteiger partial charge is 0.277 e. The third-order valence-corrected chi connectivity index (χ3v) is 4.68. The number of aliphatic hydroxyl groups is 1. The van der Waals surface area contributed by atoms with E-state index in [1.54, 1.807) is 12.1 Å². The van der Waals surface area contributed by atoms with Crippen molar-refractivity contribution < 1.29 is 23.9 Å². The van der Waals surface area contributed by atoms with Gasteiger partial charge in [-0.25, -0.2) is 9.87 Å². The number of nitrogens with one attached hydrogen (secondary N) is 2. The first-order valence-electron chi connectivity index (χ1n) is 7.66. The molecular formula is C17H16Cl2FIN2O4. The Morgan fingerprint density at radius 1 is 1.26 bits per heavy atom. The highest BCUT2D eigenvalue weighted by atomic mass is 127. The lowest BCUT2D eigenvalue weighted by Crippen LogP contribution is -2.26. The standard InChI is InChI=1S/C17H16Cl2FIN2O4/c1-26-16(24)4-5-27-23-17(25)10-7-11(18)13(20)8-15(10)22-14-3-2-9(21)6-12(14)19/h2-3,6-8,16,22,24H,4-5H2,1H3,(H,23,25). The summed E-state index contributed by atoms with van der Waals surface area (Å²) in [6.07, 6.45) is -0.841. The van der Waals surface area contributed by atoms with Crippen molar-refractivity contribution in [2.75, 3.05) is 19.0 Å². The molecule has 0 saturated carbocycles. The van der Waals surface area contributed by atoms with Crippen LogP contribution < -0.4 is 10.8 Å². The normalized spacial score (nSPS) is 11.9.